The molecule has 0 aliphatic carbocycles. The molecule has 0 aliphatic heterocycles. The number of amides is 2. The van der Waals surface area contributed by atoms with Crippen molar-refractivity contribution in [3.05, 3.63) is 18.0 Å². The molecule has 136 valence electrons. The van der Waals surface area contributed by atoms with E-state index in [9.17, 15) is 9.59 Å². The molecule has 0 aliphatic rings. The number of aryl methyl sites for hydroxylation is 2. The molecule has 24 heavy (non-hydrogen) atoms. The van der Waals surface area contributed by atoms with E-state index < -0.39 is 11.7 Å². The van der Waals surface area contributed by atoms with E-state index in [4.69, 9.17) is 4.74 Å². The third-order valence-corrected chi connectivity index (χ3v) is 3.29. The fourth-order valence-electron chi connectivity index (χ4n) is 2.19. The minimum Gasteiger partial charge on any atom is -0.444 e. The molecule has 0 aromatic carbocycles. The maximum Gasteiger partial charge on any atom is 0.407 e. The van der Waals surface area contributed by atoms with Crippen LogP contribution in [-0.4, -0.2) is 40.0 Å². The summed E-state index contributed by atoms with van der Waals surface area (Å²) >= 11 is 0. The second kappa shape index (κ2) is 9.30. The molecule has 0 bridgehead atoms. The van der Waals surface area contributed by atoms with E-state index in [1.807, 2.05) is 40.9 Å². The average Bonchev–Trinajstić information content (AvgIpc) is 2.85. The molecule has 7 nitrogen and oxygen atoms in total. The molecule has 7 heteroatoms. The molecule has 0 fully saturated rings. The lowest BCUT2D eigenvalue weighted by atomic mass is 10.1. The highest BCUT2D eigenvalue weighted by Gasteiger charge is 2.15. The maximum atomic E-state index is 11.9. The van der Waals surface area contributed by atoms with Crippen molar-refractivity contribution in [1.29, 1.82) is 0 Å². The fourth-order valence-corrected chi connectivity index (χ4v) is 2.19. The Kier molecular flexibility index (Phi) is 7.74. The third kappa shape index (κ3) is 9.17. The summed E-state index contributed by atoms with van der Waals surface area (Å²) in [5.41, 5.74) is 0.571. The molecule has 2 amide bonds. The summed E-state index contributed by atoms with van der Waals surface area (Å²) in [6.07, 6.45) is 6.00. The van der Waals surface area contributed by atoms with Crippen LogP contribution in [0.25, 0.3) is 0 Å². The van der Waals surface area contributed by atoms with Gasteiger partial charge in [-0.1, -0.05) is 0 Å². The van der Waals surface area contributed by atoms with Gasteiger partial charge in [0.05, 0.1) is 6.20 Å². The van der Waals surface area contributed by atoms with Crippen molar-refractivity contribution in [2.45, 2.75) is 65.0 Å². The van der Waals surface area contributed by atoms with Crippen LogP contribution in [0.2, 0.25) is 0 Å². The molecule has 1 atom stereocenters. The average molecular weight is 338 g/mol. The van der Waals surface area contributed by atoms with E-state index in [0.29, 0.717) is 19.4 Å². The first-order valence-electron chi connectivity index (χ1n) is 8.39. The Bertz CT molecular complexity index is 534. The first kappa shape index (κ1) is 20.0. The maximum absolute atomic E-state index is 11.9. The van der Waals surface area contributed by atoms with E-state index in [1.54, 1.807) is 10.9 Å². The number of hydrogen-bond acceptors (Lipinski definition) is 4. The first-order valence-corrected chi connectivity index (χ1v) is 8.39. The normalized spacial score (nSPS) is 12.5. The van der Waals surface area contributed by atoms with Gasteiger partial charge in [-0.15, -0.1) is 0 Å². The smallest absolute Gasteiger partial charge is 0.407 e. The largest absolute Gasteiger partial charge is 0.444 e. The van der Waals surface area contributed by atoms with E-state index in [0.717, 1.165) is 18.4 Å². The number of nitrogens with zero attached hydrogens (tertiary/aromatic N) is 2. The lowest BCUT2D eigenvalue weighted by molar-refractivity contribution is -0.121. The van der Waals surface area contributed by atoms with E-state index in [2.05, 4.69) is 15.7 Å². The minimum atomic E-state index is -0.486. The molecule has 0 saturated carbocycles. The van der Waals surface area contributed by atoms with Gasteiger partial charge >= 0.3 is 6.09 Å². The highest BCUT2D eigenvalue weighted by molar-refractivity contribution is 5.76. The topological polar surface area (TPSA) is 85.2 Å². The van der Waals surface area contributed by atoms with Gasteiger partial charge in [0.2, 0.25) is 5.91 Å². The number of carbonyl (C=O) groups excluding carboxylic acids is 2. The van der Waals surface area contributed by atoms with Crippen LogP contribution in [0.1, 0.15) is 52.5 Å². The second-order valence-electron chi connectivity index (χ2n) is 7.06. The second-order valence-corrected chi connectivity index (χ2v) is 7.06. The third-order valence-electron chi connectivity index (χ3n) is 3.29. The molecule has 1 rings (SSSR count). The Labute approximate surface area is 144 Å². The van der Waals surface area contributed by atoms with Gasteiger partial charge in [0.15, 0.2) is 0 Å². The van der Waals surface area contributed by atoms with Gasteiger partial charge in [0, 0.05) is 32.3 Å². The number of hydrogen-bond donors (Lipinski definition) is 2. The molecule has 2 N–H and O–H groups in total. The van der Waals surface area contributed by atoms with Crippen LogP contribution >= 0.6 is 0 Å². The summed E-state index contributed by atoms with van der Waals surface area (Å²) in [5.74, 6) is 0.0338. The molecule has 0 saturated heterocycles. The lowest BCUT2D eigenvalue weighted by Gasteiger charge is -2.20. The van der Waals surface area contributed by atoms with Crippen LogP contribution in [-0.2, 0) is 23.0 Å². The monoisotopic (exact) mass is 338 g/mol. The molecule has 0 spiro atoms. The molecular weight excluding hydrogens is 308 g/mol. The molecule has 0 radical (unpaired) electrons. The molecule has 1 heterocycles. The SMILES string of the molecule is C[C@H](CCCNC(=O)OC(C)(C)C)NC(=O)CCc1cnn(C)c1. The zero-order chi connectivity index (χ0) is 18.2. The number of aromatic nitrogens is 2. The summed E-state index contributed by atoms with van der Waals surface area (Å²) in [5, 5.41) is 9.77. The number of carbonyl (C=O) groups is 2. The van der Waals surface area contributed by atoms with Crippen LogP contribution in [0.3, 0.4) is 0 Å². The van der Waals surface area contributed by atoms with Crippen molar-refractivity contribution in [3.8, 4) is 0 Å². The highest BCUT2D eigenvalue weighted by atomic mass is 16.6. The van der Waals surface area contributed by atoms with Crippen LogP contribution in [0.4, 0.5) is 4.79 Å². The van der Waals surface area contributed by atoms with Crippen molar-refractivity contribution in [1.82, 2.24) is 20.4 Å². The Morgan fingerprint density at radius 2 is 2.08 bits per heavy atom. The van der Waals surface area contributed by atoms with Crippen LogP contribution in [0, 0.1) is 0 Å². The van der Waals surface area contributed by atoms with Crippen LogP contribution < -0.4 is 10.6 Å². The number of alkyl carbamates (subject to hydrolysis) is 1. The Hall–Kier alpha value is -2.05. The van der Waals surface area contributed by atoms with Crippen LogP contribution in [0.15, 0.2) is 12.4 Å². The zero-order valence-corrected chi connectivity index (χ0v) is 15.4. The van der Waals surface area contributed by atoms with Gasteiger partial charge in [0.25, 0.3) is 0 Å². The van der Waals surface area contributed by atoms with Crippen molar-refractivity contribution >= 4 is 12.0 Å². The quantitative estimate of drug-likeness (QED) is 0.711. The van der Waals surface area contributed by atoms with Crippen molar-refractivity contribution in [2.75, 3.05) is 6.54 Å². The molecule has 1 aromatic heterocycles. The van der Waals surface area contributed by atoms with E-state index >= 15 is 0 Å². The fraction of sp³-hybridized carbons (Fsp3) is 0.706. The summed E-state index contributed by atoms with van der Waals surface area (Å²) in [4.78, 5) is 23.4. The van der Waals surface area contributed by atoms with Gasteiger partial charge in [-0.2, -0.15) is 5.10 Å². The Balaban J connectivity index is 2.11. The number of rotatable bonds is 8. The van der Waals surface area contributed by atoms with Gasteiger partial charge < -0.3 is 15.4 Å². The van der Waals surface area contributed by atoms with Crippen molar-refractivity contribution in [2.24, 2.45) is 7.05 Å². The number of ether oxygens (including phenoxy) is 1. The first-order chi connectivity index (χ1) is 11.2. The molecule has 0 unspecified atom stereocenters. The van der Waals surface area contributed by atoms with E-state index in [1.165, 1.54) is 0 Å². The van der Waals surface area contributed by atoms with Crippen molar-refractivity contribution < 1.29 is 14.3 Å². The standard InChI is InChI=1S/C17H30N4O3/c1-13(7-6-10-18-16(23)24-17(2,3)4)20-15(22)9-8-14-11-19-21(5)12-14/h11-13H,6-10H2,1-5H3,(H,18,23)(H,20,22)/t13-/m1/s1. The van der Waals surface area contributed by atoms with Gasteiger partial charge in [-0.05, 0) is 52.5 Å². The summed E-state index contributed by atoms with van der Waals surface area (Å²) < 4.78 is 6.89. The Morgan fingerprint density at radius 1 is 1.38 bits per heavy atom. The molecular formula is C17H30N4O3. The van der Waals surface area contributed by atoms with Gasteiger partial charge in [0.1, 0.15) is 5.60 Å². The van der Waals surface area contributed by atoms with Crippen LogP contribution in [0.5, 0.6) is 0 Å². The predicted molar refractivity (Wildman–Crippen MR) is 92.6 cm³/mol. The Morgan fingerprint density at radius 3 is 2.67 bits per heavy atom. The zero-order valence-electron chi connectivity index (χ0n) is 15.4. The van der Waals surface area contributed by atoms with E-state index in [-0.39, 0.29) is 11.9 Å². The highest BCUT2D eigenvalue weighted by Crippen LogP contribution is 2.06. The van der Waals surface area contributed by atoms with Crippen molar-refractivity contribution in [3.63, 3.8) is 0 Å². The summed E-state index contributed by atoms with van der Waals surface area (Å²) in [6.45, 7) is 7.99. The lowest BCUT2D eigenvalue weighted by Crippen LogP contribution is -2.35. The van der Waals surface area contributed by atoms with Gasteiger partial charge in [-0.3, -0.25) is 9.48 Å². The summed E-state index contributed by atoms with van der Waals surface area (Å²) in [7, 11) is 1.86. The molecule has 1 aromatic rings. The predicted octanol–water partition coefficient (Wildman–Crippen LogP) is 2.16. The summed E-state index contributed by atoms with van der Waals surface area (Å²) in [6, 6.07) is 0.0758. The van der Waals surface area contributed by atoms with Gasteiger partial charge in [-0.25, -0.2) is 4.79 Å². The number of nitrogens with one attached hydrogen (secondary N) is 2. The minimum absolute atomic E-state index is 0.0338.